The van der Waals surface area contributed by atoms with Crippen LogP contribution in [0.1, 0.15) is 60.8 Å². The van der Waals surface area contributed by atoms with Crippen molar-refractivity contribution in [3.63, 3.8) is 0 Å². The van der Waals surface area contributed by atoms with Crippen LogP contribution in [-0.2, 0) is 14.2 Å². The largest absolute Gasteiger partial charge is 0.379 e. The Labute approximate surface area is 168 Å². The second kappa shape index (κ2) is 13.1. The van der Waals surface area contributed by atoms with Crippen LogP contribution in [0.3, 0.4) is 0 Å². The van der Waals surface area contributed by atoms with Crippen LogP contribution in [-0.4, -0.2) is 87.7 Å². The van der Waals surface area contributed by atoms with Crippen molar-refractivity contribution in [3.8, 4) is 0 Å². The maximum Gasteiger partial charge on any atom is 0.0701 e. The Balaban J connectivity index is 1.81. The number of rotatable bonds is 13. The van der Waals surface area contributed by atoms with E-state index in [9.17, 15) is 0 Å². The van der Waals surface area contributed by atoms with Crippen LogP contribution in [0.4, 0.5) is 0 Å². The molecule has 0 bridgehead atoms. The predicted octanol–water partition coefficient (Wildman–Crippen LogP) is 3.67. The van der Waals surface area contributed by atoms with Gasteiger partial charge in [0.15, 0.2) is 0 Å². The molecule has 1 fully saturated rings. The highest BCUT2D eigenvalue weighted by atomic mass is 16.5. The molecule has 0 aromatic rings. The Morgan fingerprint density at radius 1 is 0.630 bits per heavy atom. The molecule has 0 aromatic carbocycles. The number of ether oxygens (including phenoxy) is 3. The maximum atomic E-state index is 5.70. The summed E-state index contributed by atoms with van der Waals surface area (Å²) in [4.78, 5) is 5.06. The lowest BCUT2D eigenvalue weighted by Crippen LogP contribution is -2.53. The third-order valence-electron chi connectivity index (χ3n) is 5.08. The van der Waals surface area contributed by atoms with Crippen molar-refractivity contribution in [1.82, 2.24) is 9.80 Å². The first-order chi connectivity index (χ1) is 12.7. The first-order valence-electron chi connectivity index (χ1n) is 10.9. The highest BCUT2D eigenvalue weighted by molar-refractivity contribution is 4.81. The van der Waals surface area contributed by atoms with Crippen LogP contribution < -0.4 is 0 Å². The lowest BCUT2D eigenvalue weighted by molar-refractivity contribution is 0.00371. The summed E-state index contributed by atoms with van der Waals surface area (Å²) in [6.45, 7) is 23.7. The zero-order valence-electron chi connectivity index (χ0n) is 19.0. The van der Waals surface area contributed by atoms with Crippen molar-refractivity contribution in [2.45, 2.75) is 66.3 Å². The Morgan fingerprint density at radius 2 is 1.15 bits per heavy atom. The minimum absolute atomic E-state index is 0.288. The topological polar surface area (TPSA) is 34.2 Å². The molecule has 1 rings (SSSR count). The molecule has 0 radical (unpaired) electrons. The van der Waals surface area contributed by atoms with E-state index < -0.39 is 0 Å². The minimum atomic E-state index is 0.288. The SMILES string of the molecule is CC(C)(C)CCCCOCCOCCOCCN1CCN(C(C)(C)C)CC1. The Kier molecular flexibility index (Phi) is 12.1. The van der Waals surface area contributed by atoms with Crippen LogP contribution >= 0.6 is 0 Å². The van der Waals surface area contributed by atoms with Gasteiger partial charge >= 0.3 is 0 Å². The van der Waals surface area contributed by atoms with E-state index in [0.717, 1.165) is 52.4 Å². The molecular formula is C22H46N2O3. The molecule has 5 nitrogen and oxygen atoms in total. The van der Waals surface area contributed by atoms with E-state index in [1.165, 1.54) is 12.8 Å². The lowest BCUT2D eigenvalue weighted by Gasteiger charge is -2.42. The second-order valence-corrected chi connectivity index (χ2v) is 9.85. The fraction of sp³-hybridized carbons (Fsp3) is 1.00. The van der Waals surface area contributed by atoms with Crippen molar-refractivity contribution in [2.75, 3.05) is 72.4 Å². The van der Waals surface area contributed by atoms with Gasteiger partial charge in [0.05, 0.1) is 33.0 Å². The summed E-state index contributed by atoms with van der Waals surface area (Å²) in [5.74, 6) is 0. The number of unbranched alkanes of at least 4 members (excludes halogenated alkanes) is 1. The third kappa shape index (κ3) is 13.6. The molecule has 1 heterocycles. The molecule has 27 heavy (non-hydrogen) atoms. The third-order valence-corrected chi connectivity index (χ3v) is 5.08. The maximum absolute atomic E-state index is 5.70. The summed E-state index contributed by atoms with van der Waals surface area (Å²) < 4.78 is 16.9. The van der Waals surface area contributed by atoms with Gasteiger partial charge < -0.3 is 14.2 Å². The van der Waals surface area contributed by atoms with Gasteiger partial charge in [0, 0.05) is 44.9 Å². The molecule has 0 unspecified atom stereocenters. The van der Waals surface area contributed by atoms with Crippen molar-refractivity contribution in [2.24, 2.45) is 5.41 Å². The molecule has 0 amide bonds. The average Bonchev–Trinajstić information content (AvgIpc) is 2.57. The molecule has 162 valence electrons. The van der Waals surface area contributed by atoms with Gasteiger partial charge in [-0.3, -0.25) is 9.80 Å². The molecule has 0 spiro atoms. The van der Waals surface area contributed by atoms with Crippen LogP contribution in [0.2, 0.25) is 0 Å². The normalized spacial score (nSPS) is 17.6. The first-order valence-corrected chi connectivity index (χ1v) is 10.9. The smallest absolute Gasteiger partial charge is 0.0701 e. The zero-order chi connectivity index (χ0) is 20.2. The van der Waals surface area contributed by atoms with Crippen molar-refractivity contribution >= 4 is 0 Å². The fourth-order valence-corrected chi connectivity index (χ4v) is 3.24. The van der Waals surface area contributed by atoms with E-state index in [1.807, 2.05) is 0 Å². The summed E-state index contributed by atoms with van der Waals surface area (Å²) in [7, 11) is 0. The van der Waals surface area contributed by atoms with Crippen molar-refractivity contribution < 1.29 is 14.2 Å². The number of nitrogens with zero attached hydrogens (tertiary/aromatic N) is 2. The van der Waals surface area contributed by atoms with Crippen molar-refractivity contribution in [3.05, 3.63) is 0 Å². The van der Waals surface area contributed by atoms with Crippen LogP contribution in [0.5, 0.6) is 0 Å². The number of piperazine rings is 1. The van der Waals surface area contributed by atoms with Crippen molar-refractivity contribution in [1.29, 1.82) is 0 Å². The van der Waals surface area contributed by atoms with E-state index in [1.54, 1.807) is 0 Å². The summed E-state index contributed by atoms with van der Waals surface area (Å²) in [5.41, 5.74) is 0.722. The standard InChI is InChI=1S/C22H46N2O3/c1-21(2,3)9-7-8-15-25-17-19-27-20-18-26-16-14-23-10-12-24(13-11-23)22(4,5)6/h7-20H2,1-6H3. The molecule has 5 heteroatoms. The van der Waals surface area contributed by atoms with Crippen LogP contribution in [0, 0.1) is 5.41 Å². The highest BCUT2D eigenvalue weighted by Gasteiger charge is 2.25. The fourth-order valence-electron chi connectivity index (χ4n) is 3.24. The monoisotopic (exact) mass is 386 g/mol. The molecule has 1 aliphatic heterocycles. The zero-order valence-corrected chi connectivity index (χ0v) is 19.0. The Hall–Kier alpha value is -0.200. The number of hydrogen-bond donors (Lipinski definition) is 0. The molecule has 0 saturated carbocycles. The summed E-state index contributed by atoms with van der Waals surface area (Å²) >= 11 is 0. The van der Waals surface area contributed by atoms with Crippen LogP contribution in [0.15, 0.2) is 0 Å². The second-order valence-electron chi connectivity index (χ2n) is 9.85. The Bertz CT molecular complexity index is 356. The molecular weight excluding hydrogens is 340 g/mol. The van der Waals surface area contributed by atoms with Gasteiger partial charge in [-0.2, -0.15) is 0 Å². The van der Waals surface area contributed by atoms with Crippen LogP contribution in [0.25, 0.3) is 0 Å². The van der Waals surface area contributed by atoms with E-state index in [-0.39, 0.29) is 5.54 Å². The quantitative estimate of drug-likeness (QED) is 0.451. The van der Waals surface area contributed by atoms with Gasteiger partial charge in [-0.1, -0.05) is 27.2 Å². The summed E-state index contributed by atoms with van der Waals surface area (Å²) in [6, 6.07) is 0. The Morgan fingerprint density at radius 3 is 1.67 bits per heavy atom. The van der Waals surface area contributed by atoms with E-state index >= 15 is 0 Å². The average molecular weight is 387 g/mol. The first kappa shape index (κ1) is 24.8. The molecule has 1 aliphatic rings. The molecule has 0 aromatic heterocycles. The predicted molar refractivity (Wildman–Crippen MR) is 114 cm³/mol. The van der Waals surface area contributed by atoms with Gasteiger partial charge in [-0.05, 0) is 39.0 Å². The summed E-state index contributed by atoms with van der Waals surface area (Å²) in [5, 5.41) is 0. The molecule has 0 atom stereocenters. The molecule has 1 saturated heterocycles. The molecule has 0 aliphatic carbocycles. The summed E-state index contributed by atoms with van der Waals surface area (Å²) in [6.07, 6.45) is 3.64. The minimum Gasteiger partial charge on any atom is -0.379 e. The van der Waals surface area contributed by atoms with E-state index in [2.05, 4.69) is 51.3 Å². The highest BCUT2D eigenvalue weighted by Crippen LogP contribution is 2.21. The van der Waals surface area contributed by atoms with E-state index in [4.69, 9.17) is 14.2 Å². The van der Waals surface area contributed by atoms with Gasteiger partial charge in [0.1, 0.15) is 0 Å². The number of hydrogen-bond acceptors (Lipinski definition) is 5. The van der Waals surface area contributed by atoms with Gasteiger partial charge in [-0.25, -0.2) is 0 Å². The van der Waals surface area contributed by atoms with Gasteiger partial charge in [-0.15, -0.1) is 0 Å². The van der Waals surface area contributed by atoms with Gasteiger partial charge in [0.2, 0.25) is 0 Å². The lowest BCUT2D eigenvalue weighted by atomic mass is 9.90. The van der Waals surface area contributed by atoms with E-state index in [0.29, 0.717) is 31.8 Å². The van der Waals surface area contributed by atoms with Gasteiger partial charge in [0.25, 0.3) is 0 Å². The molecule has 0 N–H and O–H groups in total.